The third kappa shape index (κ3) is 4.45. The van der Waals surface area contributed by atoms with Crippen molar-refractivity contribution in [3.05, 3.63) is 35.4 Å². The summed E-state index contributed by atoms with van der Waals surface area (Å²) < 4.78 is 0. The average molecular weight is 220 g/mol. The summed E-state index contributed by atoms with van der Waals surface area (Å²) in [6, 6.07) is 8.04. The van der Waals surface area contributed by atoms with Crippen LogP contribution in [-0.2, 0) is 11.2 Å². The van der Waals surface area contributed by atoms with Crippen LogP contribution in [0.2, 0.25) is 0 Å². The van der Waals surface area contributed by atoms with E-state index in [0.717, 1.165) is 12.0 Å². The molecule has 3 N–H and O–H groups in total. The molecule has 0 aliphatic heterocycles. The van der Waals surface area contributed by atoms with Gasteiger partial charge >= 0.3 is 0 Å². The van der Waals surface area contributed by atoms with Gasteiger partial charge in [0, 0.05) is 12.6 Å². The number of amides is 1. The Hall–Kier alpha value is -1.35. The van der Waals surface area contributed by atoms with E-state index in [9.17, 15) is 4.79 Å². The van der Waals surface area contributed by atoms with Crippen LogP contribution in [0.5, 0.6) is 0 Å². The lowest BCUT2D eigenvalue weighted by Crippen LogP contribution is -2.37. The highest BCUT2D eigenvalue weighted by atomic mass is 16.1. The molecular formula is C13H20N2O. The molecule has 0 radical (unpaired) electrons. The predicted octanol–water partition coefficient (Wildman–Crippen LogP) is 1.39. The van der Waals surface area contributed by atoms with Crippen LogP contribution in [0.15, 0.2) is 24.3 Å². The van der Waals surface area contributed by atoms with Gasteiger partial charge < -0.3 is 11.1 Å². The first kappa shape index (κ1) is 12.7. The van der Waals surface area contributed by atoms with Crippen LogP contribution in [-0.4, -0.2) is 18.5 Å². The van der Waals surface area contributed by atoms with Crippen LogP contribution in [0.1, 0.15) is 24.5 Å². The van der Waals surface area contributed by atoms with Gasteiger partial charge in [0.25, 0.3) is 0 Å². The van der Waals surface area contributed by atoms with Gasteiger partial charge in [0.2, 0.25) is 5.91 Å². The molecule has 0 aliphatic rings. The Balaban J connectivity index is 2.40. The van der Waals surface area contributed by atoms with Crippen molar-refractivity contribution in [1.29, 1.82) is 0 Å². The Morgan fingerprint density at radius 2 is 2.25 bits per heavy atom. The van der Waals surface area contributed by atoms with E-state index in [0.29, 0.717) is 13.0 Å². The molecule has 88 valence electrons. The van der Waals surface area contributed by atoms with Gasteiger partial charge in [0.1, 0.15) is 0 Å². The van der Waals surface area contributed by atoms with Crippen molar-refractivity contribution in [2.75, 3.05) is 6.54 Å². The van der Waals surface area contributed by atoms with E-state index >= 15 is 0 Å². The molecular weight excluding hydrogens is 200 g/mol. The first-order valence-electron chi connectivity index (χ1n) is 5.69. The van der Waals surface area contributed by atoms with Crippen molar-refractivity contribution in [3.8, 4) is 0 Å². The molecule has 0 spiro atoms. The lowest BCUT2D eigenvalue weighted by atomic mass is 10.1. The highest BCUT2D eigenvalue weighted by Crippen LogP contribution is 2.04. The Bertz CT molecular complexity index is 350. The second-order valence-electron chi connectivity index (χ2n) is 4.14. The van der Waals surface area contributed by atoms with Crippen LogP contribution in [0.3, 0.4) is 0 Å². The van der Waals surface area contributed by atoms with E-state index in [1.807, 2.05) is 38.1 Å². The van der Waals surface area contributed by atoms with Crippen LogP contribution >= 0.6 is 0 Å². The second-order valence-corrected chi connectivity index (χ2v) is 4.14. The third-order valence-electron chi connectivity index (χ3n) is 2.53. The highest BCUT2D eigenvalue weighted by Gasteiger charge is 2.05. The molecule has 1 amide bonds. The SMILES string of the molecule is CCC(N)CNC(=O)Cc1cccc(C)c1. The fourth-order valence-corrected chi connectivity index (χ4v) is 1.46. The van der Waals surface area contributed by atoms with E-state index in [1.165, 1.54) is 5.56 Å². The molecule has 1 atom stereocenters. The molecule has 0 fully saturated rings. The van der Waals surface area contributed by atoms with Crippen LogP contribution in [0.4, 0.5) is 0 Å². The summed E-state index contributed by atoms with van der Waals surface area (Å²) in [5.74, 6) is 0.0366. The topological polar surface area (TPSA) is 55.1 Å². The van der Waals surface area contributed by atoms with Crippen LogP contribution in [0.25, 0.3) is 0 Å². The van der Waals surface area contributed by atoms with Crippen LogP contribution < -0.4 is 11.1 Å². The van der Waals surface area contributed by atoms with Crippen molar-refractivity contribution in [2.45, 2.75) is 32.7 Å². The van der Waals surface area contributed by atoms with Gasteiger partial charge in [-0.3, -0.25) is 4.79 Å². The minimum Gasteiger partial charge on any atom is -0.354 e. The normalized spacial score (nSPS) is 12.2. The molecule has 16 heavy (non-hydrogen) atoms. The van der Waals surface area contributed by atoms with Gasteiger partial charge in [-0.15, -0.1) is 0 Å². The number of carbonyl (C=O) groups is 1. The second kappa shape index (κ2) is 6.28. The first-order chi connectivity index (χ1) is 7.61. The Morgan fingerprint density at radius 3 is 2.88 bits per heavy atom. The molecule has 1 aromatic rings. The standard InChI is InChI=1S/C13H20N2O/c1-3-12(14)9-15-13(16)8-11-6-4-5-10(2)7-11/h4-7,12H,3,8-9,14H2,1-2H3,(H,15,16). The van der Waals surface area contributed by atoms with Crippen molar-refractivity contribution in [2.24, 2.45) is 5.73 Å². The maximum Gasteiger partial charge on any atom is 0.224 e. The maximum atomic E-state index is 11.6. The maximum absolute atomic E-state index is 11.6. The number of nitrogens with one attached hydrogen (secondary N) is 1. The minimum absolute atomic E-state index is 0.0366. The summed E-state index contributed by atoms with van der Waals surface area (Å²) in [5, 5.41) is 2.84. The van der Waals surface area contributed by atoms with Crippen molar-refractivity contribution in [1.82, 2.24) is 5.32 Å². The highest BCUT2D eigenvalue weighted by molar-refractivity contribution is 5.78. The minimum atomic E-state index is 0.0366. The van der Waals surface area contributed by atoms with Crippen LogP contribution in [0, 0.1) is 6.92 Å². The van der Waals surface area contributed by atoms with E-state index < -0.39 is 0 Å². The zero-order valence-corrected chi connectivity index (χ0v) is 9.99. The molecule has 0 saturated carbocycles. The molecule has 1 aromatic carbocycles. The number of carbonyl (C=O) groups excluding carboxylic acids is 1. The summed E-state index contributed by atoms with van der Waals surface area (Å²) >= 11 is 0. The van der Waals surface area contributed by atoms with E-state index in [2.05, 4.69) is 5.32 Å². The van der Waals surface area contributed by atoms with Crippen molar-refractivity contribution >= 4 is 5.91 Å². The monoisotopic (exact) mass is 220 g/mol. The number of nitrogens with two attached hydrogens (primary N) is 1. The molecule has 3 nitrogen and oxygen atoms in total. The number of aryl methyl sites for hydroxylation is 1. The van der Waals surface area contributed by atoms with E-state index in [4.69, 9.17) is 5.73 Å². The van der Waals surface area contributed by atoms with Crippen molar-refractivity contribution < 1.29 is 4.79 Å². The summed E-state index contributed by atoms with van der Waals surface area (Å²) in [7, 11) is 0. The number of rotatable bonds is 5. The number of benzene rings is 1. The van der Waals surface area contributed by atoms with Gasteiger partial charge in [-0.2, -0.15) is 0 Å². The predicted molar refractivity (Wildman–Crippen MR) is 66.2 cm³/mol. The fourth-order valence-electron chi connectivity index (χ4n) is 1.46. The fraction of sp³-hybridized carbons (Fsp3) is 0.462. The Kier molecular flexibility index (Phi) is 4.99. The Morgan fingerprint density at radius 1 is 1.50 bits per heavy atom. The van der Waals surface area contributed by atoms with E-state index in [-0.39, 0.29) is 11.9 Å². The van der Waals surface area contributed by atoms with Gasteiger partial charge in [-0.05, 0) is 18.9 Å². The van der Waals surface area contributed by atoms with Gasteiger partial charge in [-0.1, -0.05) is 36.8 Å². The average Bonchev–Trinajstić information content (AvgIpc) is 2.26. The van der Waals surface area contributed by atoms with Gasteiger partial charge in [0.05, 0.1) is 6.42 Å². The largest absolute Gasteiger partial charge is 0.354 e. The summed E-state index contributed by atoms with van der Waals surface area (Å²) in [6.45, 7) is 4.59. The quantitative estimate of drug-likeness (QED) is 0.788. The lowest BCUT2D eigenvalue weighted by molar-refractivity contribution is -0.120. The summed E-state index contributed by atoms with van der Waals surface area (Å²) in [5.41, 5.74) is 7.94. The molecule has 3 heteroatoms. The molecule has 0 aromatic heterocycles. The van der Waals surface area contributed by atoms with Gasteiger partial charge in [0.15, 0.2) is 0 Å². The molecule has 0 heterocycles. The number of hydrogen-bond acceptors (Lipinski definition) is 2. The molecule has 1 rings (SSSR count). The van der Waals surface area contributed by atoms with Crippen molar-refractivity contribution in [3.63, 3.8) is 0 Å². The van der Waals surface area contributed by atoms with Gasteiger partial charge in [-0.25, -0.2) is 0 Å². The smallest absolute Gasteiger partial charge is 0.224 e. The first-order valence-corrected chi connectivity index (χ1v) is 5.69. The number of hydrogen-bond donors (Lipinski definition) is 2. The Labute approximate surface area is 97.0 Å². The molecule has 0 saturated heterocycles. The van der Waals surface area contributed by atoms with E-state index in [1.54, 1.807) is 0 Å². The zero-order valence-electron chi connectivity index (χ0n) is 9.99. The lowest BCUT2D eigenvalue weighted by Gasteiger charge is -2.10. The molecule has 1 unspecified atom stereocenters. The summed E-state index contributed by atoms with van der Waals surface area (Å²) in [4.78, 5) is 11.6. The molecule has 0 aliphatic carbocycles. The molecule has 0 bridgehead atoms. The summed E-state index contributed by atoms with van der Waals surface area (Å²) in [6.07, 6.45) is 1.31. The zero-order chi connectivity index (χ0) is 12.0. The third-order valence-corrected chi connectivity index (χ3v) is 2.53.